The molecule has 0 aliphatic heterocycles. The van der Waals surface area contributed by atoms with Gasteiger partial charge in [0.2, 0.25) is 0 Å². The molecule has 0 bridgehead atoms. The summed E-state index contributed by atoms with van der Waals surface area (Å²) in [5.41, 5.74) is -1.15. The van der Waals surface area contributed by atoms with Crippen molar-refractivity contribution in [3.8, 4) is 0 Å². The van der Waals surface area contributed by atoms with Crippen molar-refractivity contribution in [1.29, 1.82) is 0 Å². The van der Waals surface area contributed by atoms with E-state index in [4.69, 9.17) is 34.8 Å². The van der Waals surface area contributed by atoms with Crippen LogP contribution in [0.5, 0.6) is 0 Å². The van der Waals surface area contributed by atoms with Gasteiger partial charge < -0.3 is 0 Å². The third-order valence-electron chi connectivity index (χ3n) is 0.290. The quantitative estimate of drug-likeness (QED) is 0.347. The molecule has 0 aliphatic carbocycles. The Morgan fingerprint density at radius 3 is 1.71 bits per heavy atom. The zero-order valence-corrected chi connectivity index (χ0v) is 5.37. The molecule has 0 aromatic heterocycles. The van der Waals surface area contributed by atoms with E-state index in [1.807, 2.05) is 0 Å². The maximum absolute atomic E-state index is 9.27. The fourth-order valence-corrected chi connectivity index (χ4v) is 0.126. The third-order valence-corrected chi connectivity index (χ3v) is 1.33. The second-order valence-electron chi connectivity index (χ2n) is 0.782. The van der Waals surface area contributed by atoms with Crippen molar-refractivity contribution >= 4 is 34.8 Å². The Kier molecular flexibility index (Phi) is 4.17. The molecule has 1 radical (unpaired) electrons. The lowest BCUT2D eigenvalue weighted by molar-refractivity contribution is -0.313. The third kappa shape index (κ3) is 3.38. The van der Waals surface area contributed by atoms with E-state index in [0.29, 0.717) is 0 Å². The highest BCUT2D eigenvalue weighted by molar-refractivity contribution is 6.48. The first kappa shape index (κ1) is 7.79. The summed E-state index contributed by atoms with van der Waals surface area (Å²) in [6.45, 7) is 0. The average Bonchev–Trinajstić information content (AvgIpc) is 1.65. The molecule has 0 aromatic carbocycles. The average molecular weight is 164 g/mol. The van der Waals surface area contributed by atoms with E-state index in [2.05, 4.69) is 4.89 Å². The highest BCUT2D eigenvalue weighted by Crippen LogP contribution is 2.13. The van der Waals surface area contributed by atoms with Crippen LogP contribution >= 0.6 is 34.8 Å². The lowest BCUT2D eigenvalue weighted by atomic mass is 10.8. The van der Waals surface area contributed by atoms with Gasteiger partial charge in [-0.1, -0.05) is 11.6 Å². The predicted molar refractivity (Wildman–Crippen MR) is 26.9 cm³/mol. The lowest BCUT2D eigenvalue weighted by Gasteiger charge is -2.00. The molecule has 0 rings (SSSR count). The van der Waals surface area contributed by atoms with Gasteiger partial charge in [0.25, 0.3) is 0 Å². The van der Waals surface area contributed by atoms with E-state index in [1.54, 1.807) is 0 Å². The van der Waals surface area contributed by atoms with E-state index in [0.717, 1.165) is 0 Å². The summed E-state index contributed by atoms with van der Waals surface area (Å²) >= 11 is 15.1. The largest absolute Gasteiger partial charge is 0.199 e. The fourth-order valence-electron chi connectivity index (χ4n) is 0.0420. The van der Waals surface area contributed by atoms with Crippen molar-refractivity contribution < 1.29 is 10.1 Å². The number of alkyl halides is 3. The van der Waals surface area contributed by atoms with Crippen molar-refractivity contribution in [3.63, 3.8) is 0 Å². The number of halogens is 3. The van der Waals surface area contributed by atoms with Gasteiger partial charge >= 0.3 is 0 Å². The first-order chi connectivity index (χ1) is 3.18. The minimum absolute atomic E-state index is 0.959. The first-order valence-electron chi connectivity index (χ1n) is 1.39. The molecule has 0 N–H and O–H groups in total. The smallest absolute Gasteiger partial charge is 0.181 e. The van der Waals surface area contributed by atoms with Crippen LogP contribution in [0.4, 0.5) is 0 Å². The van der Waals surface area contributed by atoms with Gasteiger partial charge in [0.1, 0.15) is 0 Å². The minimum Gasteiger partial charge on any atom is -0.181 e. The molecule has 0 saturated heterocycles. The van der Waals surface area contributed by atoms with Crippen LogP contribution in [0.3, 0.4) is 0 Å². The Labute approximate surface area is 55.9 Å². The van der Waals surface area contributed by atoms with Crippen molar-refractivity contribution in [2.45, 2.75) is 10.4 Å². The van der Waals surface area contributed by atoms with Gasteiger partial charge in [-0.2, -0.15) is 4.89 Å². The summed E-state index contributed by atoms with van der Waals surface area (Å²) in [5.74, 6) is 0. The summed E-state index contributed by atoms with van der Waals surface area (Å²) < 4.78 is 0. The van der Waals surface area contributed by atoms with Gasteiger partial charge in [0, 0.05) is 0 Å². The van der Waals surface area contributed by atoms with Gasteiger partial charge in [0.05, 0.1) is 0 Å². The molecular formula is C2H2Cl3O2. The van der Waals surface area contributed by atoms with Gasteiger partial charge in [-0.05, 0) is 5.26 Å². The Morgan fingerprint density at radius 1 is 1.29 bits per heavy atom. The standard InChI is InChI=1S/C2H2Cl3O2/c3-1(4)2(5)7-6/h1-2H. The summed E-state index contributed by atoms with van der Waals surface area (Å²) in [6, 6.07) is 0. The SMILES string of the molecule is [O]OC(Cl)C(Cl)Cl. The summed E-state index contributed by atoms with van der Waals surface area (Å²) in [6.07, 6.45) is 0. The molecule has 2 nitrogen and oxygen atoms in total. The maximum atomic E-state index is 9.27. The van der Waals surface area contributed by atoms with Crippen LogP contribution in [0.1, 0.15) is 0 Å². The second-order valence-corrected chi connectivity index (χ2v) is 2.38. The molecular weight excluding hydrogens is 162 g/mol. The first-order valence-corrected chi connectivity index (χ1v) is 2.70. The van der Waals surface area contributed by atoms with E-state index in [1.165, 1.54) is 0 Å². The maximum Gasteiger partial charge on any atom is 0.199 e. The van der Waals surface area contributed by atoms with Gasteiger partial charge in [-0.3, -0.25) is 0 Å². The van der Waals surface area contributed by atoms with E-state index >= 15 is 0 Å². The van der Waals surface area contributed by atoms with Crippen LogP contribution in [0.2, 0.25) is 0 Å². The normalized spacial score (nSPS) is 15.0. The lowest BCUT2D eigenvalue weighted by Crippen LogP contribution is -2.09. The highest BCUT2D eigenvalue weighted by atomic mass is 35.5. The Morgan fingerprint density at radius 2 is 1.71 bits per heavy atom. The molecule has 0 spiro atoms. The predicted octanol–water partition coefficient (Wildman–Crippen LogP) is 1.72. The highest BCUT2D eigenvalue weighted by Gasteiger charge is 2.13. The number of rotatable bonds is 2. The summed E-state index contributed by atoms with van der Waals surface area (Å²) in [5, 5.41) is 9.27. The van der Waals surface area contributed by atoms with Crippen LogP contribution in [-0.4, -0.2) is 10.4 Å². The Balaban J connectivity index is 3.14. The molecule has 0 aromatic rings. The van der Waals surface area contributed by atoms with Gasteiger partial charge in [-0.25, -0.2) is 0 Å². The van der Waals surface area contributed by atoms with E-state index < -0.39 is 10.4 Å². The number of hydrogen-bond donors (Lipinski definition) is 0. The van der Waals surface area contributed by atoms with Crippen molar-refractivity contribution in [3.05, 3.63) is 0 Å². The molecule has 0 aliphatic rings. The van der Waals surface area contributed by atoms with E-state index in [-0.39, 0.29) is 0 Å². The molecule has 0 amide bonds. The van der Waals surface area contributed by atoms with Crippen molar-refractivity contribution in [2.75, 3.05) is 0 Å². The zero-order valence-electron chi connectivity index (χ0n) is 3.11. The second kappa shape index (κ2) is 3.75. The molecule has 7 heavy (non-hydrogen) atoms. The van der Waals surface area contributed by atoms with Crippen LogP contribution in [0.25, 0.3) is 0 Å². The summed E-state index contributed by atoms with van der Waals surface area (Å²) in [7, 11) is 0. The summed E-state index contributed by atoms with van der Waals surface area (Å²) in [4.78, 5) is 2.30. The van der Waals surface area contributed by atoms with Gasteiger partial charge in [-0.15, -0.1) is 23.2 Å². The van der Waals surface area contributed by atoms with Crippen LogP contribution in [-0.2, 0) is 10.1 Å². The molecule has 0 saturated carbocycles. The van der Waals surface area contributed by atoms with Crippen LogP contribution in [0, 0.1) is 0 Å². The molecule has 43 valence electrons. The Hall–Kier alpha value is 0.790. The topological polar surface area (TPSA) is 29.1 Å². The number of hydrogen-bond acceptors (Lipinski definition) is 1. The molecule has 0 heterocycles. The van der Waals surface area contributed by atoms with Crippen molar-refractivity contribution in [1.82, 2.24) is 0 Å². The fraction of sp³-hybridized carbons (Fsp3) is 1.00. The van der Waals surface area contributed by atoms with Crippen LogP contribution < -0.4 is 0 Å². The van der Waals surface area contributed by atoms with Crippen LogP contribution in [0.15, 0.2) is 0 Å². The molecule has 1 atom stereocenters. The molecule has 1 unspecified atom stereocenters. The van der Waals surface area contributed by atoms with Gasteiger partial charge in [0.15, 0.2) is 10.4 Å². The molecule has 5 heteroatoms. The van der Waals surface area contributed by atoms with E-state index in [9.17, 15) is 5.26 Å². The zero-order chi connectivity index (χ0) is 5.86. The minimum atomic E-state index is -1.15. The Bertz CT molecular complexity index is 48.2. The van der Waals surface area contributed by atoms with Crippen molar-refractivity contribution in [2.24, 2.45) is 0 Å². The molecule has 0 fully saturated rings. The monoisotopic (exact) mass is 163 g/mol.